The van der Waals surface area contributed by atoms with Gasteiger partial charge in [0.2, 0.25) is 0 Å². The highest BCUT2D eigenvalue weighted by Crippen LogP contribution is 2.22. The number of ether oxygens (including phenoxy) is 1. The monoisotopic (exact) mass is 391 g/mol. The number of aromatic nitrogens is 1. The van der Waals surface area contributed by atoms with Gasteiger partial charge < -0.3 is 20.4 Å². The molecule has 4 rings (SSSR count). The van der Waals surface area contributed by atoms with Crippen molar-refractivity contribution in [2.45, 2.75) is 25.9 Å². The average Bonchev–Trinajstić information content (AvgIpc) is 3.15. The smallest absolute Gasteiger partial charge is 0.251 e. The molecule has 0 spiro atoms. The molecule has 1 aliphatic rings. The molecule has 1 aliphatic heterocycles. The van der Waals surface area contributed by atoms with E-state index in [1.54, 1.807) is 0 Å². The van der Waals surface area contributed by atoms with Crippen LogP contribution in [-0.2, 0) is 4.74 Å². The second kappa shape index (κ2) is 9.25. The van der Waals surface area contributed by atoms with Crippen LogP contribution in [0.5, 0.6) is 0 Å². The van der Waals surface area contributed by atoms with Gasteiger partial charge in [-0.05, 0) is 62.0 Å². The van der Waals surface area contributed by atoms with Crippen molar-refractivity contribution in [3.63, 3.8) is 0 Å². The minimum atomic E-state index is -0.147. The first-order chi connectivity index (χ1) is 14.2. The normalized spacial score (nSPS) is 16.0. The third kappa shape index (κ3) is 4.86. The predicted molar refractivity (Wildman–Crippen MR) is 116 cm³/mol. The van der Waals surface area contributed by atoms with Crippen molar-refractivity contribution in [1.82, 2.24) is 15.6 Å². The number of nitrogens with one attached hydrogen (secondary N) is 3. The van der Waals surface area contributed by atoms with E-state index in [1.807, 2.05) is 42.6 Å². The van der Waals surface area contributed by atoms with Gasteiger partial charge in [-0.3, -0.25) is 4.79 Å². The summed E-state index contributed by atoms with van der Waals surface area (Å²) in [6, 6.07) is 15.9. The Morgan fingerprint density at radius 2 is 1.97 bits per heavy atom. The first-order valence-electron chi connectivity index (χ1n) is 10.4. The lowest BCUT2D eigenvalue weighted by molar-refractivity contribution is 0.0213. The summed E-state index contributed by atoms with van der Waals surface area (Å²) in [6.07, 6.45) is 4.10. The zero-order valence-corrected chi connectivity index (χ0v) is 16.9. The minimum Gasteiger partial charge on any atom is -0.371 e. The van der Waals surface area contributed by atoms with E-state index in [1.165, 1.54) is 5.56 Å². The maximum Gasteiger partial charge on any atom is 0.251 e. The molecule has 29 heavy (non-hydrogen) atoms. The van der Waals surface area contributed by atoms with Crippen molar-refractivity contribution in [1.29, 1.82) is 0 Å². The number of carbonyl (C=O) groups is 1. The van der Waals surface area contributed by atoms with Gasteiger partial charge in [0.25, 0.3) is 5.91 Å². The van der Waals surface area contributed by atoms with Crippen LogP contribution in [0.15, 0.2) is 54.7 Å². The Morgan fingerprint density at radius 3 is 2.76 bits per heavy atom. The van der Waals surface area contributed by atoms with Crippen molar-refractivity contribution in [2.75, 3.05) is 26.2 Å². The first-order valence-corrected chi connectivity index (χ1v) is 10.4. The van der Waals surface area contributed by atoms with Gasteiger partial charge in [0, 0.05) is 29.2 Å². The summed E-state index contributed by atoms with van der Waals surface area (Å²) in [6.45, 7) is 5.35. The molecule has 1 saturated heterocycles. The fraction of sp³-hybridized carbons (Fsp3) is 0.375. The Balaban J connectivity index is 1.41. The maximum absolute atomic E-state index is 12.7. The van der Waals surface area contributed by atoms with Gasteiger partial charge in [-0.1, -0.05) is 36.4 Å². The topological polar surface area (TPSA) is 66.2 Å². The number of fused-ring (bicyclic) bond motifs is 1. The van der Waals surface area contributed by atoms with E-state index in [-0.39, 0.29) is 12.0 Å². The molecule has 3 aromatic rings. The Hall–Kier alpha value is -2.63. The highest BCUT2D eigenvalue weighted by Gasteiger charge is 2.19. The van der Waals surface area contributed by atoms with Gasteiger partial charge >= 0.3 is 0 Å². The van der Waals surface area contributed by atoms with Gasteiger partial charge in [-0.2, -0.15) is 0 Å². The molecule has 1 aromatic heterocycles. The summed E-state index contributed by atoms with van der Waals surface area (Å²) in [5, 5.41) is 7.61. The Kier molecular flexibility index (Phi) is 6.27. The summed E-state index contributed by atoms with van der Waals surface area (Å²) in [5.74, 6) is 0.502. The molecule has 1 amide bonds. The van der Waals surface area contributed by atoms with E-state index in [0.717, 1.165) is 49.0 Å². The van der Waals surface area contributed by atoms with Crippen molar-refractivity contribution in [3.05, 3.63) is 71.4 Å². The molecule has 5 nitrogen and oxygen atoms in total. The second-order valence-electron chi connectivity index (χ2n) is 7.87. The summed E-state index contributed by atoms with van der Waals surface area (Å²) in [4.78, 5) is 16.0. The molecule has 3 N–H and O–H groups in total. The van der Waals surface area contributed by atoms with E-state index in [2.05, 4.69) is 34.7 Å². The average molecular weight is 392 g/mol. The first kappa shape index (κ1) is 19.7. The molecule has 5 heteroatoms. The zero-order valence-electron chi connectivity index (χ0n) is 16.9. The van der Waals surface area contributed by atoms with Gasteiger partial charge in [0.1, 0.15) is 0 Å². The number of hydrogen-bond donors (Lipinski definition) is 3. The second-order valence-corrected chi connectivity index (χ2v) is 7.87. The van der Waals surface area contributed by atoms with E-state index >= 15 is 0 Å². The standard InChI is InChI=1S/C24H29N3O2/c1-17-14-26-22-13-20(7-8-21(17)22)24(28)27-15-23(19-5-3-2-4-6-19)29-16-18-9-11-25-12-10-18/h2-8,13-14,18,23,25-26H,9-12,15-16H2,1H3,(H,27,28). The Morgan fingerprint density at radius 1 is 1.17 bits per heavy atom. The van der Waals surface area contributed by atoms with Crippen molar-refractivity contribution >= 4 is 16.8 Å². The largest absolute Gasteiger partial charge is 0.371 e. The molecule has 2 aromatic carbocycles. The predicted octanol–water partition coefficient (Wildman–Crippen LogP) is 3.96. The molecular weight excluding hydrogens is 362 g/mol. The number of hydrogen-bond acceptors (Lipinski definition) is 3. The molecular formula is C24H29N3O2. The highest BCUT2D eigenvalue weighted by atomic mass is 16.5. The molecule has 0 radical (unpaired) electrons. The van der Waals surface area contributed by atoms with E-state index < -0.39 is 0 Å². The van der Waals surface area contributed by atoms with Crippen LogP contribution >= 0.6 is 0 Å². The van der Waals surface area contributed by atoms with Crippen LogP contribution in [0, 0.1) is 12.8 Å². The molecule has 0 saturated carbocycles. The quantitative estimate of drug-likeness (QED) is 0.571. The van der Waals surface area contributed by atoms with Crippen molar-refractivity contribution in [3.8, 4) is 0 Å². The van der Waals surface area contributed by atoms with E-state index in [4.69, 9.17) is 4.74 Å². The van der Waals surface area contributed by atoms with Crippen LogP contribution in [0.4, 0.5) is 0 Å². The number of aryl methyl sites for hydroxylation is 1. The van der Waals surface area contributed by atoms with Crippen molar-refractivity contribution < 1.29 is 9.53 Å². The number of aromatic amines is 1. The summed E-state index contributed by atoms with van der Waals surface area (Å²) >= 11 is 0. The number of H-pyrrole nitrogens is 1. The summed E-state index contributed by atoms with van der Waals surface area (Å²) in [7, 11) is 0. The number of carbonyl (C=O) groups excluding carboxylic acids is 1. The maximum atomic E-state index is 12.7. The third-order valence-corrected chi connectivity index (χ3v) is 5.76. The lowest BCUT2D eigenvalue weighted by Gasteiger charge is -2.26. The fourth-order valence-corrected chi connectivity index (χ4v) is 3.94. The van der Waals surface area contributed by atoms with Crippen LogP contribution in [0.25, 0.3) is 10.9 Å². The van der Waals surface area contributed by atoms with E-state index in [0.29, 0.717) is 18.0 Å². The SMILES string of the molecule is Cc1c[nH]c2cc(C(=O)NCC(OCC3CCNCC3)c3ccccc3)ccc12. The molecule has 0 aliphatic carbocycles. The van der Waals surface area contributed by atoms with Crippen LogP contribution in [0.3, 0.4) is 0 Å². The Labute approximate surface area is 171 Å². The Bertz CT molecular complexity index is 945. The molecule has 2 heterocycles. The number of benzene rings is 2. The minimum absolute atomic E-state index is 0.0782. The van der Waals surface area contributed by atoms with Gasteiger partial charge in [-0.15, -0.1) is 0 Å². The molecule has 1 atom stereocenters. The zero-order chi connectivity index (χ0) is 20.1. The van der Waals surface area contributed by atoms with Gasteiger partial charge in [0.05, 0.1) is 12.7 Å². The number of amides is 1. The van der Waals surface area contributed by atoms with Crippen LogP contribution < -0.4 is 10.6 Å². The van der Waals surface area contributed by atoms with E-state index in [9.17, 15) is 4.79 Å². The number of piperidine rings is 1. The summed E-state index contributed by atoms with van der Waals surface area (Å²) in [5.41, 5.74) is 3.92. The van der Waals surface area contributed by atoms with Gasteiger partial charge in [-0.25, -0.2) is 0 Å². The lowest BCUT2D eigenvalue weighted by atomic mass is 9.99. The molecule has 1 unspecified atom stereocenters. The fourth-order valence-electron chi connectivity index (χ4n) is 3.94. The third-order valence-electron chi connectivity index (χ3n) is 5.76. The molecule has 1 fully saturated rings. The van der Waals surface area contributed by atoms with Crippen LogP contribution in [0.2, 0.25) is 0 Å². The molecule has 0 bridgehead atoms. The van der Waals surface area contributed by atoms with Gasteiger partial charge in [0.15, 0.2) is 0 Å². The lowest BCUT2D eigenvalue weighted by Crippen LogP contribution is -2.33. The van der Waals surface area contributed by atoms with Crippen molar-refractivity contribution in [2.24, 2.45) is 5.92 Å². The molecule has 152 valence electrons. The summed E-state index contributed by atoms with van der Waals surface area (Å²) < 4.78 is 6.28. The number of rotatable bonds is 7. The highest BCUT2D eigenvalue weighted by molar-refractivity contribution is 5.98. The van der Waals surface area contributed by atoms with Crippen LogP contribution in [0.1, 0.15) is 40.4 Å². The van der Waals surface area contributed by atoms with Crippen LogP contribution in [-0.4, -0.2) is 37.1 Å².